The number of aromatic nitrogens is 1. The first kappa shape index (κ1) is 25.4. The van der Waals surface area contributed by atoms with E-state index in [2.05, 4.69) is 41.3 Å². The number of aliphatic imine (C=N–C) groups is 1. The number of hydrogen-bond acceptors (Lipinski definition) is 4. The molecule has 0 aromatic carbocycles. The number of oxazole rings is 1. The summed E-state index contributed by atoms with van der Waals surface area (Å²) in [7, 11) is 0. The molecule has 1 aliphatic heterocycles. The minimum Gasteiger partial charge on any atom is -0.444 e. The second-order valence-electron chi connectivity index (χ2n) is 9.45. The lowest BCUT2D eigenvalue weighted by atomic mass is 9.80. The molecule has 2 atom stereocenters. The fourth-order valence-electron chi connectivity index (χ4n) is 4.92. The van der Waals surface area contributed by atoms with E-state index in [4.69, 9.17) is 9.41 Å². The van der Waals surface area contributed by atoms with Crippen LogP contribution in [0, 0.1) is 31.6 Å². The first-order chi connectivity index (χ1) is 13.9. The first-order valence-corrected chi connectivity index (χ1v) is 11.6. The summed E-state index contributed by atoms with van der Waals surface area (Å²) in [4.78, 5) is 11.9. The summed E-state index contributed by atoms with van der Waals surface area (Å²) in [5, 5.41) is 7.17. The van der Waals surface area contributed by atoms with Crippen LogP contribution >= 0.6 is 24.0 Å². The van der Waals surface area contributed by atoms with Gasteiger partial charge in [-0.15, -0.1) is 24.0 Å². The van der Waals surface area contributed by atoms with Gasteiger partial charge in [0.25, 0.3) is 0 Å². The van der Waals surface area contributed by atoms with Crippen molar-refractivity contribution in [3.63, 3.8) is 0 Å². The monoisotopic (exact) mass is 531 g/mol. The molecule has 1 saturated carbocycles. The number of rotatable bonds is 6. The molecule has 2 unspecified atom stereocenters. The quantitative estimate of drug-likeness (QED) is 0.322. The highest BCUT2D eigenvalue weighted by atomic mass is 127. The molecular weight excluding hydrogens is 489 g/mol. The summed E-state index contributed by atoms with van der Waals surface area (Å²) in [6.07, 6.45) is 6.26. The molecule has 1 aliphatic carbocycles. The molecule has 6 nitrogen and oxygen atoms in total. The van der Waals surface area contributed by atoms with E-state index in [1.54, 1.807) is 0 Å². The van der Waals surface area contributed by atoms with Gasteiger partial charge in [-0.05, 0) is 83.7 Å². The number of nitrogens with zero attached hydrogens (tertiary/aromatic N) is 3. The highest BCUT2D eigenvalue weighted by molar-refractivity contribution is 14.0. The van der Waals surface area contributed by atoms with Crippen LogP contribution in [0.1, 0.15) is 70.2 Å². The van der Waals surface area contributed by atoms with E-state index in [1.165, 1.54) is 32.1 Å². The first-order valence-electron chi connectivity index (χ1n) is 11.6. The van der Waals surface area contributed by atoms with E-state index in [0.717, 1.165) is 67.9 Å². The van der Waals surface area contributed by atoms with E-state index in [-0.39, 0.29) is 24.0 Å². The zero-order chi connectivity index (χ0) is 20.8. The SMILES string of the molecule is CCNC(=NCC1CCN(Cc2nc(C)c(C)o2)CC1)NC1CC(C)CC(C)C1.I. The molecule has 1 aromatic heterocycles. The van der Waals surface area contributed by atoms with Crippen molar-refractivity contribution in [2.24, 2.45) is 22.7 Å². The summed E-state index contributed by atoms with van der Waals surface area (Å²) in [6, 6.07) is 0.557. The van der Waals surface area contributed by atoms with Gasteiger partial charge in [-0.3, -0.25) is 9.89 Å². The van der Waals surface area contributed by atoms with Crippen LogP contribution in [-0.2, 0) is 6.54 Å². The maximum Gasteiger partial charge on any atom is 0.208 e. The minimum atomic E-state index is 0. The molecule has 2 aliphatic rings. The van der Waals surface area contributed by atoms with Crippen molar-refractivity contribution in [2.45, 2.75) is 79.3 Å². The van der Waals surface area contributed by atoms with Gasteiger partial charge in [0, 0.05) is 19.1 Å². The third-order valence-electron chi connectivity index (χ3n) is 6.51. The fourth-order valence-corrected chi connectivity index (χ4v) is 4.92. The van der Waals surface area contributed by atoms with Gasteiger partial charge < -0.3 is 15.1 Å². The Bertz CT molecular complexity index is 639. The van der Waals surface area contributed by atoms with Crippen LogP contribution in [0.25, 0.3) is 0 Å². The van der Waals surface area contributed by atoms with Crippen molar-refractivity contribution in [1.82, 2.24) is 20.5 Å². The average molecular weight is 532 g/mol. The second kappa shape index (κ2) is 12.3. The average Bonchev–Trinajstić information content (AvgIpc) is 2.97. The maximum atomic E-state index is 5.75. The number of halogens is 1. The van der Waals surface area contributed by atoms with Gasteiger partial charge in [0.15, 0.2) is 5.96 Å². The number of likely N-dealkylation sites (tertiary alicyclic amines) is 1. The standard InChI is InChI=1S/C23H41N5O.HI/c1-6-24-23(27-21-12-16(2)11-17(3)13-21)25-14-20-7-9-28(10-8-20)15-22-26-18(4)19(5)29-22;/h16-17,20-21H,6-15H2,1-5H3,(H2,24,25,27);1H. The minimum absolute atomic E-state index is 0. The van der Waals surface area contributed by atoms with Crippen LogP contribution in [0.15, 0.2) is 9.41 Å². The summed E-state index contributed by atoms with van der Waals surface area (Å²) >= 11 is 0. The Morgan fingerprint density at radius 1 is 1.13 bits per heavy atom. The van der Waals surface area contributed by atoms with Crippen molar-refractivity contribution in [1.29, 1.82) is 0 Å². The lowest BCUT2D eigenvalue weighted by molar-refractivity contribution is 0.166. The van der Waals surface area contributed by atoms with E-state index in [0.29, 0.717) is 12.0 Å². The highest BCUT2D eigenvalue weighted by Crippen LogP contribution is 2.28. The van der Waals surface area contributed by atoms with E-state index < -0.39 is 0 Å². The van der Waals surface area contributed by atoms with Crippen LogP contribution in [0.4, 0.5) is 0 Å². The lowest BCUT2D eigenvalue weighted by Crippen LogP contribution is -2.46. The van der Waals surface area contributed by atoms with Gasteiger partial charge in [-0.2, -0.15) is 0 Å². The number of piperidine rings is 1. The molecule has 2 N–H and O–H groups in total. The third-order valence-corrected chi connectivity index (χ3v) is 6.51. The normalized spacial score (nSPS) is 26.3. The summed E-state index contributed by atoms with van der Waals surface area (Å²) in [5.41, 5.74) is 1.01. The van der Waals surface area contributed by atoms with Gasteiger partial charge in [-0.25, -0.2) is 4.98 Å². The van der Waals surface area contributed by atoms with Crippen molar-refractivity contribution in [2.75, 3.05) is 26.2 Å². The van der Waals surface area contributed by atoms with Gasteiger partial charge in [0.2, 0.25) is 5.89 Å². The molecule has 7 heteroatoms. The summed E-state index contributed by atoms with van der Waals surface area (Å²) in [5.74, 6) is 5.07. The van der Waals surface area contributed by atoms with Crippen LogP contribution in [0.3, 0.4) is 0 Å². The zero-order valence-electron chi connectivity index (χ0n) is 19.5. The van der Waals surface area contributed by atoms with Crippen molar-refractivity contribution < 1.29 is 4.42 Å². The molecule has 30 heavy (non-hydrogen) atoms. The molecule has 1 aromatic rings. The summed E-state index contributed by atoms with van der Waals surface area (Å²) < 4.78 is 5.75. The van der Waals surface area contributed by atoms with Crippen molar-refractivity contribution >= 4 is 29.9 Å². The predicted molar refractivity (Wildman–Crippen MR) is 134 cm³/mol. The number of guanidine groups is 1. The number of hydrogen-bond donors (Lipinski definition) is 2. The number of aryl methyl sites for hydroxylation is 2. The largest absolute Gasteiger partial charge is 0.444 e. The summed E-state index contributed by atoms with van der Waals surface area (Å²) in [6.45, 7) is 15.8. The van der Waals surface area contributed by atoms with Crippen molar-refractivity contribution in [3.05, 3.63) is 17.3 Å². The molecule has 0 radical (unpaired) electrons. The molecule has 0 amide bonds. The zero-order valence-corrected chi connectivity index (χ0v) is 21.9. The lowest BCUT2D eigenvalue weighted by Gasteiger charge is -2.33. The Kier molecular flexibility index (Phi) is 10.4. The molecular formula is C23H42IN5O. The van der Waals surface area contributed by atoms with Crippen LogP contribution in [0.5, 0.6) is 0 Å². The van der Waals surface area contributed by atoms with Gasteiger partial charge in [0.05, 0.1) is 12.2 Å². The van der Waals surface area contributed by atoms with Gasteiger partial charge in [0.1, 0.15) is 5.76 Å². The molecule has 3 rings (SSSR count). The Morgan fingerprint density at radius 3 is 2.37 bits per heavy atom. The highest BCUT2D eigenvalue weighted by Gasteiger charge is 2.25. The van der Waals surface area contributed by atoms with E-state index >= 15 is 0 Å². The van der Waals surface area contributed by atoms with Gasteiger partial charge in [-0.1, -0.05) is 13.8 Å². The molecule has 0 bridgehead atoms. The molecule has 2 heterocycles. The number of nitrogens with one attached hydrogen (secondary N) is 2. The second-order valence-corrected chi connectivity index (χ2v) is 9.45. The molecule has 0 spiro atoms. The van der Waals surface area contributed by atoms with Crippen LogP contribution in [0.2, 0.25) is 0 Å². The van der Waals surface area contributed by atoms with Crippen LogP contribution < -0.4 is 10.6 Å². The van der Waals surface area contributed by atoms with Crippen molar-refractivity contribution in [3.8, 4) is 0 Å². The molecule has 1 saturated heterocycles. The topological polar surface area (TPSA) is 65.7 Å². The Hall–Kier alpha value is -0.830. The molecule has 2 fully saturated rings. The maximum absolute atomic E-state index is 5.75. The van der Waals surface area contributed by atoms with Crippen LogP contribution in [-0.4, -0.2) is 48.1 Å². The Labute approximate surface area is 200 Å². The van der Waals surface area contributed by atoms with E-state index in [9.17, 15) is 0 Å². The predicted octanol–water partition coefficient (Wildman–Crippen LogP) is 4.50. The third kappa shape index (κ3) is 7.70. The molecule has 172 valence electrons. The Balaban J connectivity index is 0.00000320. The smallest absolute Gasteiger partial charge is 0.208 e. The van der Waals surface area contributed by atoms with Gasteiger partial charge >= 0.3 is 0 Å². The Morgan fingerprint density at radius 2 is 1.80 bits per heavy atom. The fraction of sp³-hybridized carbons (Fsp3) is 0.826. The van der Waals surface area contributed by atoms with E-state index in [1.807, 2.05) is 13.8 Å².